The number of benzene rings is 1. The first-order valence-corrected chi connectivity index (χ1v) is 4.98. The zero-order chi connectivity index (χ0) is 10.8. The SMILES string of the molecule is CNC(c1cccc(N)c1)C(C)(C)C. The van der Waals surface area contributed by atoms with Gasteiger partial charge in [0.1, 0.15) is 0 Å². The minimum absolute atomic E-state index is 0.197. The molecule has 1 unspecified atom stereocenters. The fourth-order valence-electron chi connectivity index (χ4n) is 1.84. The van der Waals surface area contributed by atoms with Crippen molar-refractivity contribution in [3.63, 3.8) is 0 Å². The molecule has 1 rings (SSSR count). The number of nitrogen functional groups attached to an aromatic ring is 1. The molecule has 0 bridgehead atoms. The maximum absolute atomic E-state index is 5.77. The van der Waals surface area contributed by atoms with Crippen LogP contribution in [-0.2, 0) is 0 Å². The van der Waals surface area contributed by atoms with Gasteiger partial charge in [-0.3, -0.25) is 0 Å². The lowest BCUT2D eigenvalue weighted by Gasteiger charge is -2.31. The van der Waals surface area contributed by atoms with Gasteiger partial charge in [-0.2, -0.15) is 0 Å². The highest BCUT2D eigenvalue weighted by Gasteiger charge is 2.24. The molecular weight excluding hydrogens is 172 g/mol. The van der Waals surface area contributed by atoms with Crippen molar-refractivity contribution >= 4 is 5.69 Å². The molecule has 0 saturated heterocycles. The molecule has 0 spiro atoms. The smallest absolute Gasteiger partial charge is 0.0367 e. The first-order chi connectivity index (χ1) is 6.45. The van der Waals surface area contributed by atoms with Gasteiger partial charge in [-0.15, -0.1) is 0 Å². The Balaban J connectivity index is 3.01. The molecule has 0 saturated carbocycles. The van der Waals surface area contributed by atoms with E-state index in [2.05, 4.69) is 32.2 Å². The van der Waals surface area contributed by atoms with Crippen LogP contribution in [0.15, 0.2) is 24.3 Å². The standard InChI is InChI=1S/C12H20N2/c1-12(2,3)11(14-4)9-6-5-7-10(13)8-9/h5-8,11,14H,13H2,1-4H3. The minimum Gasteiger partial charge on any atom is -0.399 e. The molecule has 2 heteroatoms. The van der Waals surface area contributed by atoms with E-state index in [1.54, 1.807) is 0 Å². The summed E-state index contributed by atoms with van der Waals surface area (Å²) in [5, 5.41) is 3.33. The van der Waals surface area contributed by atoms with Gasteiger partial charge in [0.05, 0.1) is 0 Å². The van der Waals surface area contributed by atoms with E-state index in [1.807, 2.05) is 25.2 Å². The van der Waals surface area contributed by atoms with Gasteiger partial charge in [0, 0.05) is 11.7 Å². The van der Waals surface area contributed by atoms with Crippen molar-refractivity contribution in [2.75, 3.05) is 12.8 Å². The molecule has 78 valence electrons. The number of anilines is 1. The van der Waals surface area contributed by atoms with E-state index in [-0.39, 0.29) is 5.41 Å². The molecule has 0 heterocycles. The predicted octanol–water partition coefficient (Wildman–Crippen LogP) is 2.58. The van der Waals surface area contributed by atoms with Gasteiger partial charge in [0.2, 0.25) is 0 Å². The summed E-state index contributed by atoms with van der Waals surface area (Å²) in [6.45, 7) is 6.66. The third-order valence-electron chi connectivity index (χ3n) is 2.40. The number of hydrogen-bond acceptors (Lipinski definition) is 2. The summed E-state index contributed by atoms with van der Waals surface area (Å²) in [6, 6.07) is 8.40. The third-order valence-corrected chi connectivity index (χ3v) is 2.40. The van der Waals surface area contributed by atoms with Gasteiger partial charge in [0.25, 0.3) is 0 Å². The highest BCUT2D eigenvalue weighted by Crippen LogP contribution is 2.32. The Bertz CT molecular complexity index is 299. The maximum Gasteiger partial charge on any atom is 0.0367 e. The zero-order valence-corrected chi connectivity index (χ0v) is 9.46. The van der Waals surface area contributed by atoms with Gasteiger partial charge in [-0.05, 0) is 30.2 Å². The Morgan fingerprint density at radius 1 is 1.29 bits per heavy atom. The molecular formula is C12H20N2. The summed E-state index contributed by atoms with van der Waals surface area (Å²) in [5.74, 6) is 0. The topological polar surface area (TPSA) is 38.0 Å². The molecule has 1 aromatic rings. The normalized spacial score (nSPS) is 14.0. The Morgan fingerprint density at radius 2 is 1.93 bits per heavy atom. The minimum atomic E-state index is 0.197. The second-order valence-electron chi connectivity index (χ2n) is 4.76. The quantitative estimate of drug-likeness (QED) is 0.707. The van der Waals surface area contributed by atoms with Crippen LogP contribution >= 0.6 is 0 Å². The van der Waals surface area contributed by atoms with Crippen LogP contribution in [0, 0.1) is 5.41 Å². The summed E-state index contributed by atoms with van der Waals surface area (Å²) in [4.78, 5) is 0. The van der Waals surface area contributed by atoms with Crippen LogP contribution in [0.25, 0.3) is 0 Å². The maximum atomic E-state index is 5.77. The molecule has 2 nitrogen and oxygen atoms in total. The van der Waals surface area contributed by atoms with Crippen LogP contribution in [0.4, 0.5) is 5.69 Å². The van der Waals surface area contributed by atoms with Crippen molar-refractivity contribution in [3.8, 4) is 0 Å². The molecule has 0 fully saturated rings. The zero-order valence-electron chi connectivity index (χ0n) is 9.46. The number of nitrogens with one attached hydrogen (secondary N) is 1. The Kier molecular flexibility index (Phi) is 3.17. The van der Waals surface area contributed by atoms with Crippen LogP contribution in [-0.4, -0.2) is 7.05 Å². The van der Waals surface area contributed by atoms with Gasteiger partial charge in [-0.25, -0.2) is 0 Å². The molecule has 0 aliphatic rings. The van der Waals surface area contributed by atoms with Gasteiger partial charge < -0.3 is 11.1 Å². The van der Waals surface area contributed by atoms with Crippen LogP contribution in [0.3, 0.4) is 0 Å². The molecule has 0 aliphatic heterocycles. The largest absolute Gasteiger partial charge is 0.399 e. The molecule has 0 radical (unpaired) electrons. The summed E-state index contributed by atoms with van der Waals surface area (Å²) in [7, 11) is 1.99. The van der Waals surface area contributed by atoms with Crippen LogP contribution in [0.2, 0.25) is 0 Å². The van der Waals surface area contributed by atoms with Crippen LogP contribution < -0.4 is 11.1 Å². The molecule has 0 aliphatic carbocycles. The van der Waals surface area contributed by atoms with Crippen LogP contribution in [0.1, 0.15) is 32.4 Å². The van der Waals surface area contributed by atoms with Crippen molar-refractivity contribution in [2.45, 2.75) is 26.8 Å². The van der Waals surface area contributed by atoms with E-state index in [0.29, 0.717) is 6.04 Å². The van der Waals surface area contributed by atoms with E-state index in [0.717, 1.165) is 5.69 Å². The van der Waals surface area contributed by atoms with Crippen molar-refractivity contribution in [2.24, 2.45) is 5.41 Å². The highest BCUT2D eigenvalue weighted by molar-refractivity contribution is 5.42. The molecule has 1 atom stereocenters. The lowest BCUT2D eigenvalue weighted by Crippen LogP contribution is -2.29. The summed E-state index contributed by atoms with van der Waals surface area (Å²) in [5.41, 5.74) is 8.04. The lowest BCUT2D eigenvalue weighted by molar-refractivity contribution is 0.287. The van der Waals surface area contributed by atoms with Gasteiger partial charge in [-0.1, -0.05) is 32.9 Å². The van der Waals surface area contributed by atoms with E-state index >= 15 is 0 Å². The lowest BCUT2D eigenvalue weighted by atomic mass is 9.82. The van der Waals surface area contributed by atoms with Crippen LogP contribution in [0.5, 0.6) is 0 Å². The first-order valence-electron chi connectivity index (χ1n) is 4.98. The molecule has 0 aromatic heterocycles. The molecule has 0 amide bonds. The van der Waals surface area contributed by atoms with E-state index in [1.165, 1.54) is 5.56 Å². The summed E-state index contributed by atoms with van der Waals surface area (Å²) >= 11 is 0. The average molecular weight is 192 g/mol. The molecule has 1 aromatic carbocycles. The average Bonchev–Trinajstić information content (AvgIpc) is 2.02. The fraction of sp³-hybridized carbons (Fsp3) is 0.500. The first kappa shape index (κ1) is 11.1. The van der Waals surface area contributed by atoms with Crippen molar-refractivity contribution in [1.82, 2.24) is 5.32 Å². The summed E-state index contributed by atoms with van der Waals surface area (Å²) in [6.07, 6.45) is 0. The molecule has 3 N–H and O–H groups in total. The second-order valence-corrected chi connectivity index (χ2v) is 4.76. The summed E-state index contributed by atoms with van der Waals surface area (Å²) < 4.78 is 0. The van der Waals surface area contributed by atoms with Crippen molar-refractivity contribution in [3.05, 3.63) is 29.8 Å². The Morgan fingerprint density at radius 3 is 2.36 bits per heavy atom. The van der Waals surface area contributed by atoms with E-state index < -0.39 is 0 Å². The number of nitrogens with two attached hydrogens (primary N) is 1. The number of hydrogen-bond donors (Lipinski definition) is 2. The number of rotatable bonds is 2. The Labute approximate surface area is 86.5 Å². The Hall–Kier alpha value is -1.02. The predicted molar refractivity (Wildman–Crippen MR) is 62.1 cm³/mol. The van der Waals surface area contributed by atoms with E-state index in [4.69, 9.17) is 5.73 Å². The van der Waals surface area contributed by atoms with E-state index in [9.17, 15) is 0 Å². The third kappa shape index (κ3) is 2.48. The fourth-order valence-corrected chi connectivity index (χ4v) is 1.84. The highest BCUT2D eigenvalue weighted by atomic mass is 14.9. The monoisotopic (exact) mass is 192 g/mol. The molecule has 14 heavy (non-hydrogen) atoms. The van der Waals surface area contributed by atoms with Crippen molar-refractivity contribution in [1.29, 1.82) is 0 Å². The second kappa shape index (κ2) is 4.01. The van der Waals surface area contributed by atoms with Crippen molar-refractivity contribution < 1.29 is 0 Å². The van der Waals surface area contributed by atoms with Gasteiger partial charge >= 0.3 is 0 Å². The van der Waals surface area contributed by atoms with Gasteiger partial charge in [0.15, 0.2) is 0 Å².